The summed E-state index contributed by atoms with van der Waals surface area (Å²) in [5, 5.41) is 5.70. The van der Waals surface area contributed by atoms with Crippen LogP contribution in [-0.4, -0.2) is 0 Å². The summed E-state index contributed by atoms with van der Waals surface area (Å²) >= 11 is 0. The molecule has 144 valence electrons. The number of rotatable bonds is 8. The molecule has 0 bridgehead atoms. The van der Waals surface area contributed by atoms with Gasteiger partial charge in [-0.05, 0) is 80.8 Å². The third-order valence-electron chi connectivity index (χ3n) is 6.30. The lowest BCUT2D eigenvalue weighted by Crippen LogP contribution is -2.04. The third-order valence-corrected chi connectivity index (χ3v) is 6.30. The number of benzene rings is 3. The summed E-state index contributed by atoms with van der Waals surface area (Å²) in [5.74, 6) is 0. The molecule has 0 saturated carbocycles. The number of fused-ring (bicyclic) bond motifs is 2. The Morgan fingerprint density at radius 3 is 2.04 bits per heavy atom. The molecule has 0 amide bonds. The largest absolute Gasteiger partial charge is 0.0654 e. The van der Waals surface area contributed by atoms with Crippen LogP contribution < -0.4 is 0 Å². The van der Waals surface area contributed by atoms with Gasteiger partial charge in [-0.15, -0.1) is 0 Å². The second-order valence-corrected chi connectivity index (χ2v) is 8.06. The Morgan fingerprint density at radius 2 is 1.29 bits per heavy atom. The van der Waals surface area contributed by atoms with E-state index < -0.39 is 0 Å². The smallest absolute Gasteiger partial charge is 0.00203 e. The summed E-state index contributed by atoms with van der Waals surface area (Å²) in [6.45, 7) is 6.93. The summed E-state index contributed by atoms with van der Waals surface area (Å²) in [4.78, 5) is 0. The monoisotopic (exact) mass is 368 g/mol. The van der Waals surface area contributed by atoms with Gasteiger partial charge < -0.3 is 0 Å². The summed E-state index contributed by atoms with van der Waals surface area (Å²) < 4.78 is 0. The predicted octanol–water partition coefficient (Wildman–Crippen LogP) is 7.49. The van der Waals surface area contributed by atoms with Gasteiger partial charge in [-0.3, -0.25) is 0 Å². The Morgan fingerprint density at radius 1 is 0.571 bits per heavy atom. The molecule has 0 unspecified atom stereocenters. The molecule has 0 saturated heterocycles. The predicted molar refractivity (Wildman–Crippen MR) is 120 cm³/mol. The highest BCUT2D eigenvalue weighted by Crippen LogP contribution is 2.34. The minimum atomic E-state index is 1.14. The van der Waals surface area contributed by atoms with Crippen LogP contribution in [0.3, 0.4) is 0 Å². The van der Waals surface area contributed by atoms with E-state index in [0.29, 0.717) is 0 Å². The fourth-order valence-electron chi connectivity index (χ4n) is 4.84. The molecular weight excluding hydrogens is 336 g/mol. The topological polar surface area (TPSA) is 0 Å². The molecule has 0 heterocycles. The molecule has 1 aliphatic rings. The molecule has 28 heavy (non-hydrogen) atoms. The first-order valence-corrected chi connectivity index (χ1v) is 11.2. The van der Waals surface area contributed by atoms with E-state index in [-0.39, 0.29) is 0 Å². The van der Waals surface area contributed by atoms with Gasteiger partial charge in [-0.1, -0.05) is 88.2 Å². The zero-order valence-corrected chi connectivity index (χ0v) is 17.6. The van der Waals surface area contributed by atoms with Gasteiger partial charge in [-0.2, -0.15) is 0 Å². The first-order chi connectivity index (χ1) is 13.8. The standard InChI is InChI=1S/C28H32/c1-4-7-12-20-18-19-24(22(13-8-5-2)21(20)6-3)27-17-11-16-26-23-14-9-10-15-25(23)28(26)27/h9-11,14-19H,4-8,12-13H2,1-3H3. The molecule has 3 aromatic rings. The molecule has 4 rings (SSSR count). The Bertz CT molecular complexity index is 1170. The van der Waals surface area contributed by atoms with Crippen molar-refractivity contribution in [3.8, 4) is 11.1 Å². The van der Waals surface area contributed by atoms with Crippen LogP contribution in [0.4, 0.5) is 0 Å². The normalized spacial score (nSPS) is 11.7. The van der Waals surface area contributed by atoms with Crippen molar-refractivity contribution in [1.29, 1.82) is 0 Å². The Kier molecular flexibility index (Phi) is 5.67. The zero-order valence-electron chi connectivity index (χ0n) is 17.6. The number of hydrogen-bond donors (Lipinski definition) is 0. The quantitative estimate of drug-likeness (QED) is 0.302. The molecule has 0 nitrogen and oxygen atoms in total. The van der Waals surface area contributed by atoms with Crippen LogP contribution in [0, 0.1) is 20.9 Å². The molecular formula is C28H32. The molecule has 0 N–H and O–H groups in total. The van der Waals surface area contributed by atoms with Gasteiger partial charge in [0.2, 0.25) is 0 Å². The number of hydrogen-bond acceptors (Lipinski definition) is 0. The first kappa shape index (κ1) is 19.0. The summed E-state index contributed by atoms with van der Waals surface area (Å²) in [5.41, 5.74) is 7.70. The molecule has 3 aromatic carbocycles. The number of aryl methyl sites for hydroxylation is 1. The molecule has 0 radical (unpaired) electrons. The van der Waals surface area contributed by atoms with Crippen molar-refractivity contribution in [2.45, 2.75) is 65.7 Å². The molecule has 0 heteroatoms. The van der Waals surface area contributed by atoms with E-state index in [1.54, 1.807) is 16.7 Å². The fourth-order valence-corrected chi connectivity index (χ4v) is 4.84. The van der Waals surface area contributed by atoms with Gasteiger partial charge in [0.25, 0.3) is 0 Å². The van der Waals surface area contributed by atoms with E-state index in [9.17, 15) is 0 Å². The Labute approximate surface area is 169 Å². The van der Waals surface area contributed by atoms with E-state index in [4.69, 9.17) is 0 Å². The van der Waals surface area contributed by atoms with Crippen LogP contribution in [0.15, 0.2) is 54.6 Å². The van der Waals surface area contributed by atoms with Gasteiger partial charge >= 0.3 is 0 Å². The van der Waals surface area contributed by atoms with Crippen molar-refractivity contribution < 1.29 is 0 Å². The van der Waals surface area contributed by atoms with Crippen molar-refractivity contribution in [3.63, 3.8) is 0 Å². The third kappa shape index (κ3) is 3.20. The highest BCUT2D eigenvalue weighted by molar-refractivity contribution is 5.71. The Hall–Kier alpha value is -2.34. The average Bonchev–Trinajstić information content (AvgIpc) is 2.73. The lowest BCUT2D eigenvalue weighted by atomic mass is 9.84. The zero-order chi connectivity index (χ0) is 19.5. The average molecular weight is 369 g/mol. The maximum atomic E-state index is 2.42. The van der Waals surface area contributed by atoms with Gasteiger partial charge in [0.05, 0.1) is 0 Å². The van der Waals surface area contributed by atoms with Crippen LogP contribution in [0.25, 0.3) is 11.1 Å². The van der Waals surface area contributed by atoms with Crippen LogP contribution in [-0.2, 0) is 19.3 Å². The SMILES string of the molecule is CCCCc1ccc(-c2cccc3c2=c2ccccc2=3)c(CCCC)c1CC. The van der Waals surface area contributed by atoms with Crippen molar-refractivity contribution >= 4 is 0 Å². The van der Waals surface area contributed by atoms with Crippen molar-refractivity contribution in [1.82, 2.24) is 0 Å². The van der Waals surface area contributed by atoms with Gasteiger partial charge in [0.15, 0.2) is 0 Å². The molecule has 1 aliphatic carbocycles. The summed E-state index contributed by atoms with van der Waals surface area (Å²) in [7, 11) is 0. The Balaban J connectivity index is 1.95. The maximum absolute atomic E-state index is 2.42. The lowest BCUT2D eigenvalue weighted by molar-refractivity contribution is 0.767. The van der Waals surface area contributed by atoms with Gasteiger partial charge in [-0.25, -0.2) is 0 Å². The number of unbranched alkanes of at least 4 members (excludes halogenated alkanes) is 2. The lowest BCUT2D eigenvalue weighted by Gasteiger charge is -2.20. The second-order valence-electron chi connectivity index (χ2n) is 8.06. The molecule has 0 aliphatic heterocycles. The van der Waals surface area contributed by atoms with Crippen LogP contribution in [0.1, 0.15) is 63.1 Å². The van der Waals surface area contributed by atoms with Crippen molar-refractivity contribution in [3.05, 3.63) is 92.2 Å². The maximum Gasteiger partial charge on any atom is -0.00203 e. The van der Waals surface area contributed by atoms with Crippen LogP contribution in [0.5, 0.6) is 0 Å². The molecule has 0 atom stereocenters. The summed E-state index contributed by atoms with van der Waals surface area (Å²) in [6.07, 6.45) is 8.61. The van der Waals surface area contributed by atoms with Crippen molar-refractivity contribution in [2.75, 3.05) is 0 Å². The van der Waals surface area contributed by atoms with Gasteiger partial charge in [0.1, 0.15) is 0 Å². The second kappa shape index (κ2) is 8.35. The molecule has 0 spiro atoms. The van der Waals surface area contributed by atoms with E-state index in [1.165, 1.54) is 70.5 Å². The van der Waals surface area contributed by atoms with Gasteiger partial charge in [0, 0.05) is 0 Å². The summed E-state index contributed by atoms with van der Waals surface area (Å²) in [6, 6.07) is 20.6. The highest BCUT2D eigenvalue weighted by Gasteiger charge is 2.16. The van der Waals surface area contributed by atoms with E-state index >= 15 is 0 Å². The van der Waals surface area contributed by atoms with E-state index in [2.05, 4.69) is 75.4 Å². The highest BCUT2D eigenvalue weighted by atomic mass is 14.2. The van der Waals surface area contributed by atoms with E-state index in [0.717, 1.165) is 6.42 Å². The van der Waals surface area contributed by atoms with E-state index in [1.807, 2.05) is 0 Å². The minimum Gasteiger partial charge on any atom is -0.0654 e. The molecule has 0 aromatic heterocycles. The fraction of sp³-hybridized carbons (Fsp3) is 0.357. The van der Waals surface area contributed by atoms with Crippen LogP contribution in [0.2, 0.25) is 0 Å². The minimum absolute atomic E-state index is 1.14. The van der Waals surface area contributed by atoms with Crippen LogP contribution >= 0.6 is 0 Å². The molecule has 0 fully saturated rings. The van der Waals surface area contributed by atoms with Crippen molar-refractivity contribution in [2.24, 2.45) is 0 Å². The first-order valence-electron chi connectivity index (χ1n) is 11.2.